The van der Waals surface area contributed by atoms with Gasteiger partial charge in [-0.2, -0.15) is 10.2 Å². The Hall–Kier alpha value is -8.32. The number of benzene rings is 4. The first-order valence-corrected chi connectivity index (χ1v) is 23.7. The van der Waals surface area contributed by atoms with E-state index in [1.807, 2.05) is 117 Å². The van der Waals surface area contributed by atoms with Crippen molar-refractivity contribution in [2.24, 2.45) is 0 Å². The van der Waals surface area contributed by atoms with Crippen LogP contribution in [-0.2, 0) is 35.8 Å². The molecule has 0 unspecified atom stereocenters. The SMILES string of the molecule is CCN(Cc1nc2c(N)nc3cc(-n4cccn4)ccc3c2n1Cc1ccc(OC)cc1)C(C)=O.CCN(Cc1nc2c(N)nc3cc(Br)ccc3c2n1Cc1ccc(OC)cc1)C(C)=O.c1cn[nH]c1. The lowest BCUT2D eigenvalue weighted by molar-refractivity contribution is -0.130. The molecular formula is C52H55BrN14O4. The zero-order valence-electron chi connectivity index (χ0n) is 40.4. The number of methoxy groups -OCH3 is 2. The first-order chi connectivity index (χ1) is 34.4. The highest BCUT2D eigenvalue weighted by molar-refractivity contribution is 9.10. The van der Waals surface area contributed by atoms with E-state index in [1.165, 1.54) is 0 Å². The molecule has 364 valence electrons. The molecule has 0 aliphatic rings. The number of nitrogens with one attached hydrogen (secondary N) is 1. The van der Waals surface area contributed by atoms with E-state index in [4.69, 9.17) is 30.9 Å². The smallest absolute Gasteiger partial charge is 0.219 e. The third-order valence-corrected chi connectivity index (χ3v) is 12.5. The average Bonchev–Trinajstić information content (AvgIpc) is 4.23. The fraction of sp³-hybridized carbons (Fsp3) is 0.231. The van der Waals surface area contributed by atoms with Gasteiger partial charge < -0.3 is 39.9 Å². The Kier molecular flexibility index (Phi) is 15.2. The third kappa shape index (κ3) is 10.9. The van der Waals surface area contributed by atoms with Gasteiger partial charge in [0.05, 0.1) is 55.1 Å². The number of hydrogen-bond acceptors (Lipinski definition) is 12. The van der Waals surface area contributed by atoms with E-state index < -0.39 is 0 Å². The summed E-state index contributed by atoms with van der Waals surface area (Å²) in [5, 5.41) is 12.4. The summed E-state index contributed by atoms with van der Waals surface area (Å²) in [6.45, 7) is 10.2. The number of nitrogens with zero attached hydrogens (tertiary/aromatic N) is 11. The summed E-state index contributed by atoms with van der Waals surface area (Å²) in [4.78, 5) is 46.7. The number of aromatic nitrogens is 10. The van der Waals surface area contributed by atoms with Gasteiger partial charge in [-0.1, -0.05) is 40.2 Å². The second kappa shape index (κ2) is 22.0. The Balaban J connectivity index is 0.000000174. The van der Waals surface area contributed by atoms with Crippen molar-refractivity contribution in [1.82, 2.24) is 58.8 Å². The van der Waals surface area contributed by atoms with Crippen molar-refractivity contribution in [3.05, 3.63) is 149 Å². The lowest BCUT2D eigenvalue weighted by atomic mass is 10.1. The number of nitrogens with two attached hydrogens (primary N) is 2. The quantitative estimate of drug-likeness (QED) is 0.0990. The molecule has 10 aromatic rings. The molecule has 0 saturated carbocycles. The van der Waals surface area contributed by atoms with Crippen LogP contribution in [0, 0.1) is 0 Å². The van der Waals surface area contributed by atoms with Gasteiger partial charge in [-0.25, -0.2) is 24.6 Å². The highest BCUT2D eigenvalue weighted by Crippen LogP contribution is 2.33. The lowest BCUT2D eigenvalue weighted by Crippen LogP contribution is -2.29. The van der Waals surface area contributed by atoms with Crippen LogP contribution >= 0.6 is 15.9 Å². The predicted molar refractivity (Wildman–Crippen MR) is 280 cm³/mol. The van der Waals surface area contributed by atoms with Crippen molar-refractivity contribution >= 4 is 83.3 Å². The predicted octanol–water partition coefficient (Wildman–Crippen LogP) is 8.54. The van der Waals surface area contributed by atoms with Gasteiger partial charge in [0.2, 0.25) is 11.8 Å². The molecule has 0 aliphatic carbocycles. The van der Waals surface area contributed by atoms with Gasteiger partial charge in [0.15, 0.2) is 11.6 Å². The second-order valence-corrected chi connectivity index (χ2v) is 17.4. The van der Waals surface area contributed by atoms with E-state index in [0.717, 1.165) is 77.3 Å². The number of hydrogen-bond donors (Lipinski definition) is 3. The number of anilines is 2. The maximum Gasteiger partial charge on any atom is 0.219 e. The fourth-order valence-electron chi connectivity index (χ4n) is 8.30. The van der Waals surface area contributed by atoms with E-state index in [0.29, 0.717) is 61.9 Å². The first kappa shape index (κ1) is 49.1. The molecule has 0 bridgehead atoms. The highest BCUT2D eigenvalue weighted by Gasteiger charge is 2.22. The van der Waals surface area contributed by atoms with E-state index in [9.17, 15) is 9.59 Å². The van der Waals surface area contributed by atoms with Crippen molar-refractivity contribution in [2.45, 2.75) is 53.9 Å². The van der Waals surface area contributed by atoms with Gasteiger partial charge in [0.1, 0.15) is 34.2 Å². The Morgan fingerprint density at radius 1 is 0.662 bits per heavy atom. The van der Waals surface area contributed by atoms with Crippen LogP contribution < -0.4 is 20.9 Å². The molecular weight excluding hydrogens is 965 g/mol. The minimum atomic E-state index is -0.00428. The van der Waals surface area contributed by atoms with Crippen LogP contribution in [-0.4, -0.2) is 98.0 Å². The van der Waals surface area contributed by atoms with Crippen molar-refractivity contribution < 1.29 is 19.1 Å². The molecule has 0 atom stereocenters. The second-order valence-electron chi connectivity index (χ2n) is 16.5. The molecule has 18 nitrogen and oxygen atoms in total. The molecule has 5 N–H and O–H groups in total. The monoisotopic (exact) mass is 1020 g/mol. The number of aromatic amines is 1. The standard InChI is InChI=1S/C26H27N7O2.C23H24BrN5O2.C3H4N2/c1-4-31(17(2)34)16-23-30-24-25(32(23)15-18-6-9-20(35-3)10-7-18)21-11-8-19(33-13-5-12-28-33)14-22(21)29-26(24)27;1-4-28(14(2)30)13-20-27-21-22(18-10-7-16(24)11-19(18)26-23(21)25)29(20)12-15-5-8-17(31-3)9-6-15;1-2-4-5-3-1/h5-14H,4,15-16H2,1-3H3,(H2,27,29);5-11H,4,12-13H2,1-3H3,(H2,25,26);1-3H,(H,4,5). The maximum absolute atomic E-state index is 12.2. The molecule has 0 radical (unpaired) electrons. The molecule has 2 amide bonds. The van der Waals surface area contributed by atoms with Gasteiger partial charge in [0, 0.05) is 80.1 Å². The van der Waals surface area contributed by atoms with E-state index in [-0.39, 0.29) is 11.8 Å². The number of amides is 2. The normalized spacial score (nSPS) is 11.0. The molecule has 10 rings (SSSR count). The molecule has 0 aliphatic heterocycles. The number of imidazole rings is 2. The fourth-order valence-corrected chi connectivity index (χ4v) is 8.65. The van der Waals surface area contributed by atoms with Crippen LogP contribution in [0.4, 0.5) is 11.6 Å². The maximum atomic E-state index is 12.2. The van der Waals surface area contributed by atoms with Crippen molar-refractivity contribution in [2.75, 3.05) is 38.8 Å². The van der Waals surface area contributed by atoms with Gasteiger partial charge >= 0.3 is 0 Å². The largest absolute Gasteiger partial charge is 0.497 e. The zero-order chi connectivity index (χ0) is 50.2. The average molecular weight is 1020 g/mol. The van der Waals surface area contributed by atoms with Crippen LogP contribution in [0.2, 0.25) is 0 Å². The summed E-state index contributed by atoms with van der Waals surface area (Å²) >= 11 is 3.51. The Bertz CT molecular complexity index is 3410. The summed E-state index contributed by atoms with van der Waals surface area (Å²) in [5.74, 6) is 3.85. The summed E-state index contributed by atoms with van der Waals surface area (Å²) in [6, 6.07) is 31.5. The third-order valence-electron chi connectivity index (χ3n) is 12.0. The van der Waals surface area contributed by atoms with Gasteiger partial charge in [0.25, 0.3) is 0 Å². The van der Waals surface area contributed by atoms with E-state index in [2.05, 4.69) is 50.3 Å². The Morgan fingerprint density at radius 2 is 1.17 bits per heavy atom. The topological polar surface area (TPSA) is 219 Å². The molecule has 71 heavy (non-hydrogen) atoms. The number of ether oxygens (including phenoxy) is 2. The van der Waals surface area contributed by atoms with Crippen LogP contribution in [0.15, 0.2) is 126 Å². The lowest BCUT2D eigenvalue weighted by Gasteiger charge is -2.19. The van der Waals surface area contributed by atoms with Crippen LogP contribution in [0.3, 0.4) is 0 Å². The number of fused-ring (bicyclic) bond motifs is 6. The number of rotatable bonds is 13. The van der Waals surface area contributed by atoms with Gasteiger partial charge in [-0.15, -0.1) is 0 Å². The molecule has 0 fully saturated rings. The molecule has 19 heteroatoms. The molecule has 0 spiro atoms. The number of carbonyl (C=O) groups is 2. The van der Waals surface area contributed by atoms with Crippen LogP contribution in [0.5, 0.6) is 11.5 Å². The summed E-state index contributed by atoms with van der Waals surface area (Å²) in [6.07, 6.45) is 7.08. The molecule has 0 saturated heterocycles. The summed E-state index contributed by atoms with van der Waals surface area (Å²) in [7, 11) is 3.30. The van der Waals surface area contributed by atoms with Crippen molar-refractivity contribution in [3.8, 4) is 17.2 Å². The van der Waals surface area contributed by atoms with Crippen LogP contribution in [0.25, 0.3) is 49.6 Å². The van der Waals surface area contributed by atoms with Gasteiger partial charge in [-0.05, 0) is 97.8 Å². The van der Waals surface area contributed by atoms with Crippen LogP contribution in [0.1, 0.15) is 50.5 Å². The number of H-pyrrole nitrogens is 1. The zero-order valence-corrected chi connectivity index (χ0v) is 42.0. The summed E-state index contributed by atoms with van der Waals surface area (Å²) < 4.78 is 17.6. The van der Waals surface area contributed by atoms with E-state index >= 15 is 0 Å². The summed E-state index contributed by atoms with van der Waals surface area (Å²) in [5.41, 5.74) is 20.4. The van der Waals surface area contributed by atoms with Crippen molar-refractivity contribution in [1.29, 1.82) is 0 Å². The van der Waals surface area contributed by atoms with Gasteiger partial charge in [-0.3, -0.25) is 14.7 Å². The Morgan fingerprint density at radius 3 is 1.58 bits per heavy atom. The highest BCUT2D eigenvalue weighted by atomic mass is 79.9. The number of pyridine rings is 2. The molecule has 4 aromatic carbocycles. The molecule has 6 heterocycles. The minimum absolute atomic E-state index is 0.00428. The minimum Gasteiger partial charge on any atom is -0.497 e. The number of nitrogen functional groups attached to an aromatic ring is 2. The molecule has 6 aromatic heterocycles. The Labute approximate surface area is 418 Å². The van der Waals surface area contributed by atoms with E-state index in [1.54, 1.807) is 61.1 Å². The van der Waals surface area contributed by atoms with Crippen molar-refractivity contribution in [3.63, 3.8) is 0 Å². The number of carbonyl (C=O) groups excluding carboxylic acids is 2. The number of halogens is 1. The first-order valence-electron chi connectivity index (χ1n) is 22.9.